The van der Waals surface area contributed by atoms with E-state index in [2.05, 4.69) is 11.8 Å². The van der Waals surface area contributed by atoms with Crippen molar-refractivity contribution in [2.24, 2.45) is 0 Å². The van der Waals surface area contributed by atoms with E-state index in [1.807, 2.05) is 12.1 Å². The first-order valence-electron chi connectivity index (χ1n) is 5.94. The molecule has 0 bridgehead atoms. The third kappa shape index (κ3) is 2.95. The first kappa shape index (κ1) is 11.4. The molecule has 0 spiro atoms. The maximum Gasteiger partial charge on any atom is 0.131 e. The van der Waals surface area contributed by atoms with Crippen LogP contribution in [0.5, 0.6) is 0 Å². The van der Waals surface area contributed by atoms with E-state index in [1.165, 1.54) is 12.8 Å². The van der Waals surface area contributed by atoms with Crippen LogP contribution in [0.3, 0.4) is 0 Å². The van der Waals surface area contributed by atoms with Crippen molar-refractivity contribution in [3.63, 3.8) is 0 Å². The molecule has 0 radical (unpaired) electrons. The maximum absolute atomic E-state index is 11.2. The number of furan rings is 1. The molecule has 3 nitrogen and oxygen atoms in total. The third-order valence-electron chi connectivity index (χ3n) is 3.08. The van der Waals surface area contributed by atoms with E-state index in [1.54, 1.807) is 13.2 Å². The third-order valence-corrected chi connectivity index (χ3v) is 3.08. The van der Waals surface area contributed by atoms with Crippen molar-refractivity contribution in [1.82, 2.24) is 4.90 Å². The lowest BCUT2D eigenvalue weighted by Crippen LogP contribution is -2.35. The Bertz CT molecular complexity index is 341. The minimum absolute atomic E-state index is 0.262. The predicted octanol–water partition coefficient (Wildman–Crippen LogP) is 2.61. The summed E-state index contributed by atoms with van der Waals surface area (Å²) in [6, 6.07) is 4.88. The van der Waals surface area contributed by atoms with Crippen LogP contribution in [0.15, 0.2) is 22.8 Å². The SMILES string of the molecule is CC(=O)CC(C)N(Cc1ccco1)C1CC1. The quantitative estimate of drug-likeness (QED) is 0.740. The Hall–Kier alpha value is -1.09. The normalized spacial score (nSPS) is 17.7. The van der Waals surface area contributed by atoms with Crippen molar-refractivity contribution in [2.45, 2.75) is 51.7 Å². The van der Waals surface area contributed by atoms with Gasteiger partial charge in [0.2, 0.25) is 0 Å². The van der Waals surface area contributed by atoms with Crippen LogP contribution in [-0.2, 0) is 11.3 Å². The highest BCUT2D eigenvalue weighted by molar-refractivity contribution is 5.76. The van der Waals surface area contributed by atoms with Gasteiger partial charge in [-0.2, -0.15) is 0 Å². The molecule has 3 heteroatoms. The zero-order chi connectivity index (χ0) is 11.5. The van der Waals surface area contributed by atoms with E-state index in [9.17, 15) is 4.79 Å². The summed E-state index contributed by atoms with van der Waals surface area (Å²) in [7, 11) is 0. The minimum atomic E-state index is 0.262. The van der Waals surface area contributed by atoms with Crippen molar-refractivity contribution >= 4 is 5.78 Å². The van der Waals surface area contributed by atoms with Gasteiger partial charge in [-0.1, -0.05) is 0 Å². The van der Waals surface area contributed by atoms with Gasteiger partial charge in [-0.3, -0.25) is 9.69 Å². The fourth-order valence-electron chi connectivity index (χ4n) is 2.17. The molecule has 0 aliphatic heterocycles. The van der Waals surface area contributed by atoms with E-state index in [0.717, 1.165) is 12.3 Å². The van der Waals surface area contributed by atoms with E-state index in [-0.39, 0.29) is 5.78 Å². The molecule has 16 heavy (non-hydrogen) atoms. The Kier molecular flexibility index (Phi) is 3.44. The lowest BCUT2D eigenvalue weighted by Gasteiger charge is -2.27. The summed E-state index contributed by atoms with van der Waals surface area (Å²) in [5.74, 6) is 1.25. The summed E-state index contributed by atoms with van der Waals surface area (Å²) in [6.07, 6.45) is 4.85. The standard InChI is InChI=1S/C13H19NO2/c1-10(8-11(2)15)14(12-5-6-12)9-13-4-3-7-16-13/h3-4,7,10,12H,5-6,8-9H2,1-2H3. The number of carbonyl (C=O) groups is 1. The Morgan fingerprint density at radius 1 is 1.62 bits per heavy atom. The molecule has 1 atom stereocenters. The van der Waals surface area contributed by atoms with Gasteiger partial charge in [-0.05, 0) is 38.8 Å². The zero-order valence-electron chi connectivity index (χ0n) is 9.98. The van der Waals surface area contributed by atoms with Crippen molar-refractivity contribution in [2.75, 3.05) is 0 Å². The average Bonchev–Trinajstić information content (AvgIpc) is 2.91. The van der Waals surface area contributed by atoms with Crippen molar-refractivity contribution in [3.05, 3.63) is 24.2 Å². The molecule has 1 saturated carbocycles. The number of carbonyl (C=O) groups excluding carboxylic acids is 1. The molecule has 0 saturated heterocycles. The number of ketones is 1. The number of rotatable bonds is 6. The maximum atomic E-state index is 11.2. The smallest absolute Gasteiger partial charge is 0.131 e. The van der Waals surface area contributed by atoms with E-state index < -0.39 is 0 Å². The van der Waals surface area contributed by atoms with Gasteiger partial charge in [-0.25, -0.2) is 0 Å². The van der Waals surface area contributed by atoms with Gasteiger partial charge in [0.05, 0.1) is 12.8 Å². The van der Waals surface area contributed by atoms with Gasteiger partial charge in [-0.15, -0.1) is 0 Å². The molecule has 1 fully saturated rings. The molecule has 88 valence electrons. The summed E-state index contributed by atoms with van der Waals surface area (Å²) in [4.78, 5) is 13.5. The largest absolute Gasteiger partial charge is 0.468 e. The van der Waals surface area contributed by atoms with Gasteiger partial charge in [0, 0.05) is 18.5 Å². The number of nitrogens with zero attached hydrogens (tertiary/aromatic N) is 1. The van der Waals surface area contributed by atoms with Gasteiger partial charge >= 0.3 is 0 Å². The molecule has 1 aliphatic carbocycles. The van der Waals surface area contributed by atoms with E-state index >= 15 is 0 Å². The van der Waals surface area contributed by atoms with Crippen LogP contribution in [0, 0.1) is 0 Å². The second-order valence-corrected chi connectivity index (χ2v) is 4.74. The van der Waals surface area contributed by atoms with Crippen LogP contribution in [0.1, 0.15) is 38.9 Å². The first-order chi connectivity index (χ1) is 7.66. The van der Waals surface area contributed by atoms with E-state index in [4.69, 9.17) is 4.42 Å². The number of hydrogen-bond acceptors (Lipinski definition) is 3. The van der Waals surface area contributed by atoms with Crippen LogP contribution in [0.25, 0.3) is 0 Å². The topological polar surface area (TPSA) is 33.5 Å². The fraction of sp³-hybridized carbons (Fsp3) is 0.615. The van der Waals surface area contributed by atoms with Crippen LogP contribution < -0.4 is 0 Å². The monoisotopic (exact) mass is 221 g/mol. The molecule has 1 heterocycles. The van der Waals surface area contributed by atoms with Crippen LogP contribution in [0.2, 0.25) is 0 Å². The van der Waals surface area contributed by atoms with E-state index in [0.29, 0.717) is 18.5 Å². The summed E-state index contributed by atoms with van der Waals surface area (Å²) < 4.78 is 5.37. The summed E-state index contributed by atoms with van der Waals surface area (Å²) in [5, 5.41) is 0. The van der Waals surface area contributed by atoms with Gasteiger partial charge in [0.1, 0.15) is 11.5 Å². The average molecular weight is 221 g/mol. The van der Waals surface area contributed by atoms with Crippen LogP contribution >= 0.6 is 0 Å². The molecular formula is C13H19NO2. The highest BCUT2D eigenvalue weighted by atomic mass is 16.3. The molecule has 0 amide bonds. The fourth-order valence-corrected chi connectivity index (χ4v) is 2.17. The van der Waals surface area contributed by atoms with Crippen molar-refractivity contribution in [1.29, 1.82) is 0 Å². The Labute approximate surface area is 96.4 Å². The van der Waals surface area contributed by atoms with Crippen molar-refractivity contribution in [3.8, 4) is 0 Å². The molecule has 2 rings (SSSR count). The lowest BCUT2D eigenvalue weighted by atomic mass is 10.1. The molecule has 0 aromatic carbocycles. The first-order valence-corrected chi connectivity index (χ1v) is 5.94. The Morgan fingerprint density at radius 2 is 2.38 bits per heavy atom. The molecule has 1 aromatic rings. The summed E-state index contributed by atoms with van der Waals surface area (Å²) in [5.41, 5.74) is 0. The second-order valence-electron chi connectivity index (χ2n) is 4.74. The molecule has 1 unspecified atom stereocenters. The van der Waals surface area contributed by atoms with Crippen molar-refractivity contribution < 1.29 is 9.21 Å². The van der Waals surface area contributed by atoms with Gasteiger partial charge < -0.3 is 4.42 Å². The predicted molar refractivity (Wildman–Crippen MR) is 62.0 cm³/mol. The van der Waals surface area contributed by atoms with Crippen LogP contribution in [-0.4, -0.2) is 22.8 Å². The number of hydrogen-bond donors (Lipinski definition) is 0. The van der Waals surface area contributed by atoms with Crippen LogP contribution in [0.4, 0.5) is 0 Å². The van der Waals surface area contributed by atoms with Gasteiger partial charge in [0.15, 0.2) is 0 Å². The highest BCUT2D eigenvalue weighted by Crippen LogP contribution is 2.31. The van der Waals surface area contributed by atoms with Gasteiger partial charge in [0.25, 0.3) is 0 Å². The lowest BCUT2D eigenvalue weighted by molar-refractivity contribution is -0.118. The molecule has 1 aromatic heterocycles. The summed E-state index contributed by atoms with van der Waals surface area (Å²) >= 11 is 0. The highest BCUT2D eigenvalue weighted by Gasteiger charge is 2.32. The zero-order valence-corrected chi connectivity index (χ0v) is 9.98. The number of Topliss-reactive ketones (excluding diaryl/α,β-unsaturated/α-hetero) is 1. The molecule has 0 N–H and O–H groups in total. The minimum Gasteiger partial charge on any atom is -0.468 e. The molecule has 1 aliphatic rings. The molecular weight excluding hydrogens is 202 g/mol. The summed E-state index contributed by atoms with van der Waals surface area (Å²) in [6.45, 7) is 4.61. The second kappa shape index (κ2) is 4.83. The Balaban J connectivity index is 1.96. The Morgan fingerprint density at radius 3 is 2.88 bits per heavy atom.